The Hall–Kier alpha value is -2.02. The first-order valence-electron chi connectivity index (χ1n) is 7.03. The molecule has 4 rings (SSSR count). The normalized spacial score (nSPS) is 26.2. The Kier molecular flexibility index (Phi) is 2.44. The van der Waals surface area contributed by atoms with Crippen LogP contribution in [0.3, 0.4) is 0 Å². The maximum Gasteiger partial charge on any atom is 0.0460 e. The minimum atomic E-state index is 0.786. The van der Waals surface area contributed by atoms with Crippen LogP contribution in [0.4, 0.5) is 5.69 Å². The summed E-state index contributed by atoms with van der Waals surface area (Å²) in [6.07, 6.45) is 18.0. The van der Waals surface area contributed by atoms with Crippen LogP contribution in [-0.4, -0.2) is 0 Å². The van der Waals surface area contributed by atoms with E-state index in [1.165, 1.54) is 22.5 Å². The fourth-order valence-corrected chi connectivity index (χ4v) is 2.91. The highest BCUT2D eigenvalue weighted by atomic mass is 14.9. The van der Waals surface area contributed by atoms with E-state index in [4.69, 9.17) is 0 Å². The highest BCUT2D eigenvalue weighted by Crippen LogP contribution is 2.42. The zero-order valence-corrected chi connectivity index (χ0v) is 10.8. The number of anilines is 1. The van der Waals surface area contributed by atoms with Crippen molar-refractivity contribution in [1.29, 1.82) is 0 Å². The van der Waals surface area contributed by atoms with Gasteiger partial charge in [0, 0.05) is 16.6 Å². The van der Waals surface area contributed by atoms with Gasteiger partial charge in [0.15, 0.2) is 0 Å². The maximum absolute atomic E-state index is 3.56. The lowest BCUT2D eigenvalue weighted by Gasteiger charge is -2.10. The van der Waals surface area contributed by atoms with Gasteiger partial charge in [0.1, 0.15) is 0 Å². The topological polar surface area (TPSA) is 12.0 Å². The standard InChI is InChI=1S/C18H17N/c1-2-4-8-16(7-3-1)19-18-9-5-6-13-10-14-11-15(14)12-17(13)18/h1,3-10,12,14-15,19H,2,11H2. The van der Waals surface area contributed by atoms with Gasteiger partial charge >= 0.3 is 0 Å². The van der Waals surface area contributed by atoms with Crippen LogP contribution in [0.15, 0.2) is 54.3 Å². The third-order valence-corrected chi connectivity index (χ3v) is 4.07. The first-order chi connectivity index (χ1) is 9.40. The Morgan fingerprint density at radius 1 is 1.05 bits per heavy atom. The van der Waals surface area contributed by atoms with Crippen LogP contribution in [0.5, 0.6) is 0 Å². The average molecular weight is 247 g/mol. The molecule has 1 aromatic rings. The summed E-state index contributed by atoms with van der Waals surface area (Å²) in [5.41, 5.74) is 2.39. The van der Waals surface area contributed by atoms with Gasteiger partial charge in [0.05, 0.1) is 0 Å². The molecule has 1 fully saturated rings. The third kappa shape index (κ3) is 2.06. The summed E-state index contributed by atoms with van der Waals surface area (Å²) in [5.74, 6) is 1.59. The van der Waals surface area contributed by atoms with Gasteiger partial charge < -0.3 is 5.32 Å². The Morgan fingerprint density at radius 2 is 2.00 bits per heavy atom. The van der Waals surface area contributed by atoms with Crippen molar-refractivity contribution in [3.05, 3.63) is 64.7 Å². The second-order valence-electron chi connectivity index (χ2n) is 5.52. The number of fused-ring (bicyclic) bond motifs is 2. The SMILES string of the molecule is C1=CCC=CC(Nc2cccc3c2=CC2CC2C=3)=C1. The van der Waals surface area contributed by atoms with Gasteiger partial charge in [0.25, 0.3) is 0 Å². The van der Waals surface area contributed by atoms with Crippen molar-refractivity contribution in [3.8, 4) is 0 Å². The summed E-state index contributed by atoms with van der Waals surface area (Å²) in [5, 5.41) is 6.32. The largest absolute Gasteiger partial charge is 0.355 e. The van der Waals surface area contributed by atoms with Gasteiger partial charge in [-0.25, -0.2) is 0 Å². The molecule has 3 aliphatic carbocycles. The van der Waals surface area contributed by atoms with Gasteiger partial charge in [-0.1, -0.05) is 42.5 Å². The zero-order valence-electron chi connectivity index (χ0n) is 10.8. The van der Waals surface area contributed by atoms with E-state index < -0.39 is 0 Å². The number of hydrogen-bond donors (Lipinski definition) is 1. The zero-order chi connectivity index (χ0) is 12.7. The van der Waals surface area contributed by atoms with Crippen LogP contribution >= 0.6 is 0 Å². The van der Waals surface area contributed by atoms with Gasteiger partial charge in [-0.3, -0.25) is 0 Å². The van der Waals surface area contributed by atoms with Crippen molar-refractivity contribution in [2.75, 3.05) is 5.32 Å². The van der Waals surface area contributed by atoms with Crippen LogP contribution < -0.4 is 15.8 Å². The second kappa shape index (κ2) is 4.27. The molecule has 0 spiro atoms. The van der Waals surface area contributed by atoms with Crippen LogP contribution in [0.2, 0.25) is 0 Å². The summed E-state index contributed by atoms with van der Waals surface area (Å²) in [6, 6.07) is 6.54. The Morgan fingerprint density at radius 3 is 3.00 bits per heavy atom. The molecule has 1 saturated carbocycles. The molecule has 2 atom stereocenters. The monoisotopic (exact) mass is 247 g/mol. The van der Waals surface area contributed by atoms with Crippen molar-refractivity contribution in [3.63, 3.8) is 0 Å². The van der Waals surface area contributed by atoms with Crippen LogP contribution in [-0.2, 0) is 0 Å². The lowest BCUT2D eigenvalue weighted by molar-refractivity contribution is 1.06. The summed E-state index contributed by atoms with van der Waals surface area (Å²) < 4.78 is 0. The molecular weight excluding hydrogens is 230 g/mol. The average Bonchev–Trinajstić information content (AvgIpc) is 3.19. The molecule has 0 aromatic heterocycles. The van der Waals surface area contributed by atoms with E-state index in [1.54, 1.807) is 0 Å². The van der Waals surface area contributed by atoms with Crippen molar-refractivity contribution < 1.29 is 0 Å². The highest BCUT2D eigenvalue weighted by molar-refractivity contribution is 5.61. The molecule has 94 valence electrons. The minimum absolute atomic E-state index is 0.786. The molecule has 0 radical (unpaired) electrons. The quantitative estimate of drug-likeness (QED) is 0.847. The smallest absolute Gasteiger partial charge is 0.0460 e. The van der Waals surface area contributed by atoms with Gasteiger partial charge in [-0.05, 0) is 48.1 Å². The first kappa shape index (κ1) is 10.9. The predicted octanol–water partition coefficient (Wildman–Crippen LogP) is 2.71. The number of benzene rings is 1. The van der Waals surface area contributed by atoms with Crippen molar-refractivity contribution >= 4 is 17.8 Å². The summed E-state index contributed by atoms with van der Waals surface area (Å²) in [4.78, 5) is 0. The maximum atomic E-state index is 3.56. The van der Waals surface area contributed by atoms with Crippen LogP contribution in [0.1, 0.15) is 12.8 Å². The molecule has 0 amide bonds. The number of hydrogen-bond acceptors (Lipinski definition) is 1. The Balaban J connectivity index is 1.76. The molecule has 19 heavy (non-hydrogen) atoms. The number of rotatable bonds is 2. The van der Waals surface area contributed by atoms with Gasteiger partial charge in [-0.15, -0.1) is 0 Å². The van der Waals surface area contributed by atoms with E-state index in [0.717, 1.165) is 24.0 Å². The van der Waals surface area contributed by atoms with E-state index in [-0.39, 0.29) is 0 Å². The van der Waals surface area contributed by atoms with Gasteiger partial charge in [-0.2, -0.15) is 0 Å². The molecule has 1 aromatic carbocycles. The van der Waals surface area contributed by atoms with Crippen molar-refractivity contribution in [1.82, 2.24) is 0 Å². The molecule has 1 heteroatoms. The molecular formula is C18H17N. The van der Waals surface area contributed by atoms with Crippen LogP contribution in [0.25, 0.3) is 12.2 Å². The number of nitrogens with one attached hydrogen (secondary N) is 1. The van der Waals surface area contributed by atoms with E-state index in [1.807, 2.05) is 0 Å². The van der Waals surface area contributed by atoms with E-state index in [0.29, 0.717) is 0 Å². The van der Waals surface area contributed by atoms with Gasteiger partial charge in [0.2, 0.25) is 0 Å². The van der Waals surface area contributed by atoms with E-state index in [2.05, 4.69) is 66.0 Å². The second-order valence-corrected chi connectivity index (χ2v) is 5.52. The number of allylic oxidation sites excluding steroid dienone is 5. The summed E-state index contributed by atoms with van der Waals surface area (Å²) in [7, 11) is 0. The molecule has 0 saturated heterocycles. The third-order valence-electron chi connectivity index (χ3n) is 4.07. The van der Waals surface area contributed by atoms with Crippen LogP contribution in [0, 0.1) is 11.8 Å². The molecule has 3 aliphatic rings. The Bertz CT molecular complexity index is 719. The molecule has 2 unspecified atom stereocenters. The summed E-state index contributed by atoms with van der Waals surface area (Å²) >= 11 is 0. The fraction of sp³-hybridized carbons (Fsp3) is 0.222. The highest BCUT2D eigenvalue weighted by Gasteiger charge is 2.34. The minimum Gasteiger partial charge on any atom is -0.355 e. The molecule has 1 N–H and O–H groups in total. The van der Waals surface area contributed by atoms with E-state index >= 15 is 0 Å². The first-order valence-corrected chi connectivity index (χ1v) is 7.03. The molecule has 1 nitrogen and oxygen atoms in total. The lowest BCUT2D eigenvalue weighted by Crippen LogP contribution is -2.30. The van der Waals surface area contributed by atoms with E-state index in [9.17, 15) is 0 Å². The molecule has 0 bridgehead atoms. The lowest BCUT2D eigenvalue weighted by atomic mass is 10.1. The predicted molar refractivity (Wildman–Crippen MR) is 80.8 cm³/mol. The fourth-order valence-electron chi connectivity index (χ4n) is 2.91. The molecule has 0 heterocycles. The van der Waals surface area contributed by atoms with Crippen molar-refractivity contribution in [2.45, 2.75) is 12.8 Å². The molecule has 0 aliphatic heterocycles. The summed E-state index contributed by atoms with van der Waals surface area (Å²) in [6.45, 7) is 0. The Labute approximate surface area is 113 Å². The van der Waals surface area contributed by atoms with Crippen molar-refractivity contribution in [2.24, 2.45) is 11.8 Å².